The summed E-state index contributed by atoms with van der Waals surface area (Å²) in [7, 11) is -1.39. The molecule has 1 fully saturated rings. The molecule has 0 saturated heterocycles. The number of rotatable bonds is 6. The van der Waals surface area contributed by atoms with Crippen LogP contribution in [0.5, 0.6) is 0 Å². The Morgan fingerprint density at radius 3 is 1.18 bits per heavy atom. The summed E-state index contributed by atoms with van der Waals surface area (Å²) in [5.41, 5.74) is 0. The molecule has 0 aromatic heterocycles. The molecule has 0 aliphatic heterocycles. The molecular formula is C9H20O6P2. The molecule has 0 radical (unpaired) electrons. The third kappa shape index (κ3) is 1.78. The van der Waals surface area contributed by atoms with Crippen LogP contribution in [0.4, 0.5) is 0 Å². The standard InChI is InChI=1S/C9H20O6P2/c1-8(16(10,12-3)13-4)7-9(8,2)17(11,14-5)15-6/h7H2,1-6H3/t8-,9-/m1/s1. The molecule has 1 rings (SSSR count). The fraction of sp³-hybridized carbons (Fsp3) is 1.00. The highest BCUT2D eigenvalue weighted by molar-refractivity contribution is 7.62. The van der Waals surface area contributed by atoms with Crippen LogP contribution in [0, 0.1) is 0 Å². The van der Waals surface area contributed by atoms with Crippen molar-refractivity contribution in [3.63, 3.8) is 0 Å². The summed E-state index contributed by atoms with van der Waals surface area (Å²) < 4.78 is 44.9. The number of hydrogen-bond donors (Lipinski definition) is 0. The van der Waals surface area contributed by atoms with Gasteiger partial charge in [0.05, 0.1) is 10.3 Å². The van der Waals surface area contributed by atoms with Gasteiger partial charge in [0.15, 0.2) is 0 Å². The van der Waals surface area contributed by atoms with Gasteiger partial charge in [0.1, 0.15) is 0 Å². The molecule has 0 bridgehead atoms. The topological polar surface area (TPSA) is 71.1 Å². The fourth-order valence-electron chi connectivity index (χ4n) is 2.36. The van der Waals surface area contributed by atoms with Gasteiger partial charge >= 0.3 is 15.2 Å². The summed E-state index contributed by atoms with van der Waals surface area (Å²) in [5.74, 6) is 0. The predicted molar refractivity (Wildman–Crippen MR) is 64.7 cm³/mol. The molecule has 0 amide bonds. The Morgan fingerprint density at radius 1 is 0.765 bits per heavy atom. The minimum Gasteiger partial charge on any atom is -0.312 e. The highest BCUT2D eigenvalue weighted by atomic mass is 31.2. The van der Waals surface area contributed by atoms with Crippen LogP contribution in [0.25, 0.3) is 0 Å². The molecule has 1 aliphatic carbocycles. The monoisotopic (exact) mass is 286 g/mol. The lowest BCUT2D eigenvalue weighted by Gasteiger charge is -2.28. The van der Waals surface area contributed by atoms with E-state index in [0.717, 1.165) is 0 Å². The van der Waals surface area contributed by atoms with Crippen molar-refractivity contribution in [2.24, 2.45) is 0 Å². The first kappa shape index (κ1) is 15.4. The fourth-order valence-corrected chi connectivity index (χ4v) is 7.33. The van der Waals surface area contributed by atoms with Crippen LogP contribution in [-0.4, -0.2) is 38.8 Å². The van der Waals surface area contributed by atoms with E-state index in [1.807, 2.05) is 0 Å². The molecule has 102 valence electrons. The molecule has 0 aromatic carbocycles. The van der Waals surface area contributed by atoms with Gasteiger partial charge in [-0.25, -0.2) is 0 Å². The van der Waals surface area contributed by atoms with E-state index in [1.165, 1.54) is 28.4 Å². The SMILES string of the molecule is COP(=O)(OC)[C@]1(C)C[C@@]1(C)P(=O)(OC)OC. The zero-order valence-corrected chi connectivity index (χ0v) is 12.8. The van der Waals surface area contributed by atoms with Crippen molar-refractivity contribution in [3.05, 3.63) is 0 Å². The Bertz CT molecular complexity index is 345. The zero-order valence-electron chi connectivity index (χ0n) is 11.1. The first-order valence-corrected chi connectivity index (χ1v) is 8.22. The van der Waals surface area contributed by atoms with Crippen molar-refractivity contribution < 1.29 is 27.2 Å². The lowest BCUT2D eigenvalue weighted by molar-refractivity contribution is 0.249. The maximum Gasteiger partial charge on any atom is 0.337 e. The van der Waals surface area contributed by atoms with Crippen molar-refractivity contribution in [3.8, 4) is 0 Å². The normalized spacial score (nSPS) is 33.8. The van der Waals surface area contributed by atoms with Crippen LogP contribution in [0.1, 0.15) is 20.3 Å². The Morgan fingerprint density at radius 2 is 1.00 bits per heavy atom. The van der Waals surface area contributed by atoms with E-state index in [4.69, 9.17) is 18.1 Å². The highest BCUT2D eigenvalue weighted by Gasteiger charge is 2.80. The van der Waals surface area contributed by atoms with Crippen LogP contribution in [0.2, 0.25) is 0 Å². The van der Waals surface area contributed by atoms with Gasteiger partial charge in [-0.15, -0.1) is 0 Å². The Balaban J connectivity index is 3.17. The zero-order chi connectivity index (χ0) is 13.5. The summed E-state index contributed by atoms with van der Waals surface area (Å²) in [4.78, 5) is 0. The van der Waals surface area contributed by atoms with Crippen molar-refractivity contribution in [1.29, 1.82) is 0 Å². The minimum atomic E-state index is -3.33. The highest BCUT2D eigenvalue weighted by Crippen LogP contribution is 2.86. The van der Waals surface area contributed by atoms with Crippen molar-refractivity contribution >= 4 is 15.2 Å². The molecule has 17 heavy (non-hydrogen) atoms. The van der Waals surface area contributed by atoms with Gasteiger partial charge in [0.25, 0.3) is 0 Å². The molecule has 0 aromatic rings. The first-order valence-electron chi connectivity index (χ1n) is 5.13. The Kier molecular flexibility index (Phi) is 4.02. The molecule has 1 saturated carbocycles. The molecular weight excluding hydrogens is 266 g/mol. The third-order valence-corrected chi connectivity index (χ3v) is 9.71. The maximum atomic E-state index is 12.5. The predicted octanol–water partition coefficient (Wildman–Crippen LogP) is 2.88. The van der Waals surface area contributed by atoms with E-state index in [2.05, 4.69) is 0 Å². The lowest BCUT2D eigenvalue weighted by atomic mass is 10.4. The molecule has 0 heterocycles. The molecule has 2 atom stereocenters. The lowest BCUT2D eigenvalue weighted by Crippen LogP contribution is -2.23. The Hall–Kier alpha value is 0.300. The summed E-state index contributed by atoms with van der Waals surface area (Å²) in [5, 5.41) is -1.71. The quantitative estimate of drug-likeness (QED) is 0.699. The van der Waals surface area contributed by atoms with Crippen LogP contribution < -0.4 is 0 Å². The largest absolute Gasteiger partial charge is 0.337 e. The molecule has 6 nitrogen and oxygen atoms in total. The molecule has 0 spiro atoms. The van der Waals surface area contributed by atoms with Crippen LogP contribution in [0.15, 0.2) is 0 Å². The van der Waals surface area contributed by atoms with Crippen LogP contribution >= 0.6 is 15.2 Å². The summed E-state index contributed by atoms with van der Waals surface area (Å²) in [6.07, 6.45) is 0.401. The van der Waals surface area contributed by atoms with Gasteiger partial charge in [-0.3, -0.25) is 9.13 Å². The summed E-state index contributed by atoms with van der Waals surface area (Å²) in [6, 6.07) is 0. The average molecular weight is 286 g/mol. The molecule has 1 aliphatic rings. The molecule has 0 unspecified atom stereocenters. The smallest absolute Gasteiger partial charge is 0.312 e. The van der Waals surface area contributed by atoms with E-state index in [-0.39, 0.29) is 0 Å². The van der Waals surface area contributed by atoms with Gasteiger partial charge in [0.2, 0.25) is 0 Å². The van der Waals surface area contributed by atoms with Crippen molar-refractivity contribution in [2.45, 2.75) is 30.6 Å². The van der Waals surface area contributed by atoms with Gasteiger partial charge in [-0.2, -0.15) is 0 Å². The second-order valence-corrected chi connectivity index (χ2v) is 9.87. The second kappa shape index (κ2) is 4.44. The summed E-state index contributed by atoms with van der Waals surface area (Å²) in [6.45, 7) is 3.43. The summed E-state index contributed by atoms with van der Waals surface area (Å²) >= 11 is 0. The average Bonchev–Trinajstić information content (AvgIpc) is 2.93. The second-order valence-electron chi connectivity index (χ2n) is 4.45. The first-order chi connectivity index (χ1) is 7.70. The number of hydrogen-bond acceptors (Lipinski definition) is 6. The molecule has 0 N–H and O–H groups in total. The van der Waals surface area contributed by atoms with E-state index in [1.54, 1.807) is 13.8 Å². The van der Waals surface area contributed by atoms with Crippen molar-refractivity contribution in [1.82, 2.24) is 0 Å². The van der Waals surface area contributed by atoms with Crippen LogP contribution in [0.3, 0.4) is 0 Å². The van der Waals surface area contributed by atoms with E-state index in [9.17, 15) is 9.13 Å². The van der Waals surface area contributed by atoms with E-state index >= 15 is 0 Å². The van der Waals surface area contributed by atoms with E-state index in [0.29, 0.717) is 6.42 Å². The van der Waals surface area contributed by atoms with E-state index < -0.39 is 25.5 Å². The third-order valence-electron chi connectivity index (χ3n) is 3.89. The maximum absolute atomic E-state index is 12.5. The molecule has 8 heteroatoms. The minimum absolute atomic E-state index is 0.401. The van der Waals surface area contributed by atoms with Gasteiger partial charge < -0.3 is 18.1 Å². The van der Waals surface area contributed by atoms with Gasteiger partial charge in [-0.1, -0.05) is 0 Å². The van der Waals surface area contributed by atoms with Gasteiger partial charge in [-0.05, 0) is 20.3 Å². The van der Waals surface area contributed by atoms with Gasteiger partial charge in [0, 0.05) is 28.4 Å². The van der Waals surface area contributed by atoms with Crippen molar-refractivity contribution in [2.75, 3.05) is 28.4 Å². The van der Waals surface area contributed by atoms with Crippen LogP contribution in [-0.2, 0) is 27.2 Å². The Labute approximate surface area is 102 Å².